The largest absolute Gasteiger partial charge is 0.477 e. The van der Waals surface area contributed by atoms with Crippen LogP contribution in [0, 0.1) is 5.41 Å². The molecule has 1 aliphatic carbocycles. The molecule has 192 valence electrons. The molecule has 0 spiro atoms. The van der Waals surface area contributed by atoms with E-state index in [1.165, 1.54) is 17.1 Å². The Morgan fingerprint density at radius 3 is 2.58 bits per heavy atom. The highest BCUT2D eigenvalue weighted by Crippen LogP contribution is 2.45. The number of carboxylic acids is 1. The Labute approximate surface area is 211 Å². The number of nitrogens with one attached hydrogen (secondary N) is 1. The highest BCUT2D eigenvalue weighted by molar-refractivity contribution is 8.00. The summed E-state index contributed by atoms with van der Waals surface area (Å²) in [6, 6.07) is -1.07. The number of carboxylic acid groups (broad SMARTS) is 1. The zero-order valence-electron chi connectivity index (χ0n) is 18.5. The summed E-state index contributed by atoms with van der Waals surface area (Å²) in [5, 5.41) is 16.9. The van der Waals surface area contributed by atoms with Gasteiger partial charge in [0.2, 0.25) is 5.91 Å². The number of hydrogen-bond donors (Lipinski definition) is 5. The Hall–Kier alpha value is -3.86. The fourth-order valence-electron chi connectivity index (χ4n) is 3.60. The summed E-state index contributed by atoms with van der Waals surface area (Å²) < 4.78 is 4.68. The maximum Gasteiger partial charge on any atom is 0.404 e. The second-order valence-electron chi connectivity index (χ2n) is 8.15. The molecule has 1 aromatic heterocycles. The van der Waals surface area contributed by atoms with E-state index >= 15 is 0 Å². The van der Waals surface area contributed by atoms with E-state index in [-0.39, 0.29) is 46.8 Å². The molecule has 15 nitrogen and oxygen atoms in total. The van der Waals surface area contributed by atoms with Crippen LogP contribution in [0.4, 0.5) is 9.93 Å². The first kappa shape index (κ1) is 25.2. The third-order valence-electron chi connectivity index (χ3n) is 5.78. The molecule has 2 aliphatic heterocycles. The number of hydrogen-bond acceptors (Lipinski definition) is 12. The van der Waals surface area contributed by atoms with Gasteiger partial charge in [-0.2, -0.15) is 0 Å². The third-order valence-corrected chi connectivity index (χ3v) is 7.79. The minimum absolute atomic E-state index is 0.0934. The van der Waals surface area contributed by atoms with Crippen molar-refractivity contribution in [2.24, 2.45) is 22.0 Å². The number of carbonyl (C=O) groups is 5. The number of ether oxygens (including phenoxy) is 1. The van der Waals surface area contributed by atoms with Crippen LogP contribution in [-0.4, -0.2) is 80.9 Å². The van der Waals surface area contributed by atoms with Crippen molar-refractivity contribution in [2.75, 3.05) is 24.7 Å². The van der Waals surface area contributed by atoms with Gasteiger partial charge in [0.25, 0.3) is 11.8 Å². The number of carbonyl (C=O) groups excluding carboxylic acids is 4. The van der Waals surface area contributed by atoms with Gasteiger partial charge in [0.05, 0.1) is 5.41 Å². The standard InChI is InChI=1S/C19H21N7O8S2/c20-16(31)19(1-2-19)6-34-25-9(8-5-36-17(21)23-8)12(27)24-10-13(28)26-11(15(29)30)7(3-33-18(22)32)4-35-14(10)26/h5,10,14H,1-4,6H2,(H2,20,31)(H2,21,23)(H2,22,32)(H,24,27)(H,29,30)/b25-9-/t10-,14-/m1/s1. The summed E-state index contributed by atoms with van der Waals surface area (Å²) in [6.45, 7) is -0.514. The molecular weight excluding hydrogens is 518 g/mol. The number of primary amides is 2. The molecule has 2 atom stereocenters. The van der Waals surface area contributed by atoms with Crippen molar-refractivity contribution in [1.82, 2.24) is 15.2 Å². The molecule has 4 amide bonds. The van der Waals surface area contributed by atoms with Gasteiger partial charge in [-0.25, -0.2) is 14.6 Å². The number of rotatable bonds is 10. The van der Waals surface area contributed by atoms with Crippen LogP contribution in [-0.2, 0) is 28.8 Å². The van der Waals surface area contributed by atoms with Gasteiger partial charge in [-0.05, 0) is 12.8 Å². The van der Waals surface area contributed by atoms with Crippen molar-refractivity contribution in [3.8, 4) is 0 Å². The Kier molecular flexibility index (Phi) is 6.77. The van der Waals surface area contributed by atoms with E-state index in [0.717, 1.165) is 16.2 Å². The van der Waals surface area contributed by atoms with Crippen LogP contribution < -0.4 is 22.5 Å². The number of anilines is 1. The van der Waals surface area contributed by atoms with Gasteiger partial charge in [0.15, 0.2) is 10.8 Å². The van der Waals surface area contributed by atoms with E-state index in [1.54, 1.807) is 0 Å². The SMILES string of the molecule is NC(=O)OCC1=C(C(=O)O)N2C(=O)[C@@H](NC(=O)/C(=N\OCC3(C(N)=O)CC3)c3csc(N)n3)[C@H]2SC1. The monoisotopic (exact) mass is 539 g/mol. The van der Waals surface area contributed by atoms with Crippen molar-refractivity contribution in [1.29, 1.82) is 0 Å². The van der Waals surface area contributed by atoms with Gasteiger partial charge >= 0.3 is 12.1 Å². The number of thioether (sulfide) groups is 1. The molecule has 0 aromatic carbocycles. The normalized spacial score (nSPS) is 22.3. The fraction of sp³-hybridized carbons (Fsp3) is 0.421. The van der Waals surface area contributed by atoms with Crippen LogP contribution in [0.3, 0.4) is 0 Å². The average molecular weight is 540 g/mol. The smallest absolute Gasteiger partial charge is 0.404 e. The summed E-state index contributed by atoms with van der Waals surface area (Å²) in [5.41, 5.74) is 14.8. The number of β-lactam (4-membered cyclic amide) rings is 1. The van der Waals surface area contributed by atoms with E-state index in [2.05, 4.69) is 20.2 Å². The van der Waals surface area contributed by atoms with Crippen molar-refractivity contribution in [3.63, 3.8) is 0 Å². The highest BCUT2D eigenvalue weighted by Gasteiger charge is 2.54. The van der Waals surface area contributed by atoms with Crippen LogP contribution in [0.1, 0.15) is 18.5 Å². The van der Waals surface area contributed by atoms with E-state index in [1.807, 2.05) is 0 Å². The molecule has 0 radical (unpaired) electrons. The van der Waals surface area contributed by atoms with Crippen LogP contribution in [0.25, 0.3) is 0 Å². The first-order valence-electron chi connectivity index (χ1n) is 10.4. The average Bonchev–Trinajstić information content (AvgIpc) is 3.51. The lowest BCUT2D eigenvalue weighted by Gasteiger charge is -2.49. The molecular formula is C19H21N7O8S2. The second-order valence-corrected chi connectivity index (χ2v) is 10.1. The second kappa shape index (κ2) is 9.65. The summed E-state index contributed by atoms with van der Waals surface area (Å²) in [6.07, 6.45) is 0.0000986. The lowest BCUT2D eigenvalue weighted by Crippen LogP contribution is -2.71. The molecule has 2 fully saturated rings. The van der Waals surface area contributed by atoms with Gasteiger partial charge in [-0.3, -0.25) is 19.3 Å². The number of amides is 4. The molecule has 1 saturated carbocycles. The number of aliphatic carboxylic acids is 1. The first-order chi connectivity index (χ1) is 17.0. The molecule has 36 heavy (non-hydrogen) atoms. The predicted molar refractivity (Wildman–Crippen MR) is 125 cm³/mol. The van der Waals surface area contributed by atoms with Crippen LogP contribution in [0.15, 0.2) is 21.8 Å². The third kappa shape index (κ3) is 4.78. The molecule has 0 bridgehead atoms. The Bertz CT molecular complexity index is 1210. The molecule has 3 heterocycles. The lowest BCUT2D eigenvalue weighted by molar-refractivity contribution is -0.150. The van der Waals surface area contributed by atoms with Gasteiger partial charge in [0.1, 0.15) is 36.0 Å². The number of nitrogen functional groups attached to an aromatic ring is 1. The minimum Gasteiger partial charge on any atom is -0.477 e. The van der Waals surface area contributed by atoms with E-state index < -0.39 is 46.6 Å². The molecule has 3 aliphatic rings. The van der Waals surface area contributed by atoms with Crippen molar-refractivity contribution in [2.45, 2.75) is 24.3 Å². The topological polar surface area (TPSA) is 243 Å². The number of fused-ring (bicyclic) bond motifs is 1. The summed E-state index contributed by atoms with van der Waals surface area (Å²) in [7, 11) is 0. The molecule has 4 rings (SSSR count). The summed E-state index contributed by atoms with van der Waals surface area (Å²) >= 11 is 2.23. The lowest BCUT2D eigenvalue weighted by atomic mass is 10.0. The number of nitrogens with zero attached hydrogens (tertiary/aromatic N) is 3. The number of oxime groups is 1. The van der Waals surface area contributed by atoms with Gasteiger partial charge in [-0.15, -0.1) is 23.1 Å². The van der Waals surface area contributed by atoms with Crippen molar-refractivity contribution >= 4 is 63.7 Å². The molecule has 1 saturated heterocycles. The Morgan fingerprint density at radius 2 is 2.03 bits per heavy atom. The molecule has 1 aromatic rings. The van der Waals surface area contributed by atoms with Crippen LogP contribution in [0.2, 0.25) is 0 Å². The van der Waals surface area contributed by atoms with Crippen LogP contribution in [0.5, 0.6) is 0 Å². The maximum absolute atomic E-state index is 13.1. The zero-order chi connectivity index (χ0) is 26.2. The fourth-order valence-corrected chi connectivity index (χ4v) is 5.47. The van der Waals surface area contributed by atoms with Crippen molar-refractivity contribution in [3.05, 3.63) is 22.3 Å². The zero-order valence-corrected chi connectivity index (χ0v) is 20.1. The summed E-state index contributed by atoms with van der Waals surface area (Å²) in [5.74, 6) is -3.29. The van der Waals surface area contributed by atoms with Gasteiger partial charge in [0, 0.05) is 16.7 Å². The van der Waals surface area contributed by atoms with Crippen LogP contribution >= 0.6 is 23.1 Å². The van der Waals surface area contributed by atoms with Gasteiger partial charge < -0.3 is 37.2 Å². The Balaban J connectivity index is 1.49. The first-order valence-corrected chi connectivity index (χ1v) is 12.3. The quantitative estimate of drug-likeness (QED) is 0.131. The van der Waals surface area contributed by atoms with E-state index in [4.69, 9.17) is 22.0 Å². The molecule has 0 unspecified atom stereocenters. The molecule has 8 N–H and O–H groups in total. The molecule has 17 heteroatoms. The van der Waals surface area contributed by atoms with E-state index in [9.17, 15) is 29.1 Å². The van der Waals surface area contributed by atoms with E-state index in [0.29, 0.717) is 12.8 Å². The van der Waals surface area contributed by atoms with Gasteiger partial charge in [-0.1, -0.05) is 5.16 Å². The number of nitrogens with two attached hydrogens (primary N) is 3. The minimum atomic E-state index is -1.39. The Morgan fingerprint density at radius 1 is 1.31 bits per heavy atom. The predicted octanol–water partition coefficient (Wildman–Crippen LogP) is -1.45. The van der Waals surface area contributed by atoms with Crippen molar-refractivity contribution < 1.29 is 38.7 Å². The number of thiazole rings is 1. The summed E-state index contributed by atoms with van der Waals surface area (Å²) in [4.78, 5) is 70.5. The number of aromatic nitrogens is 1. The highest BCUT2D eigenvalue weighted by atomic mass is 32.2. The maximum atomic E-state index is 13.1.